The topological polar surface area (TPSA) is 50.2 Å². The largest absolute Gasteiger partial charge is 0.259 e. The van der Waals surface area contributed by atoms with Crippen LogP contribution < -0.4 is 5.43 Å². The Balaban J connectivity index is 1.78. The van der Waals surface area contributed by atoms with Crippen molar-refractivity contribution in [2.24, 2.45) is 5.10 Å². The molecular formula is C17H16N4. The van der Waals surface area contributed by atoms with Gasteiger partial charge in [-0.3, -0.25) is 5.43 Å². The molecule has 104 valence electrons. The summed E-state index contributed by atoms with van der Waals surface area (Å²) in [5.41, 5.74) is 5.33. The van der Waals surface area contributed by atoms with E-state index in [1.807, 2.05) is 24.3 Å². The maximum absolute atomic E-state index is 4.24. The number of benzene rings is 2. The lowest BCUT2D eigenvalue weighted by molar-refractivity contribution is 1.04. The number of hydrogen-bond donors (Lipinski definition) is 1. The number of aromatic nitrogens is 2. The van der Waals surface area contributed by atoms with Crippen LogP contribution in [0.3, 0.4) is 0 Å². The number of rotatable bonds is 4. The van der Waals surface area contributed by atoms with Gasteiger partial charge in [0.25, 0.3) is 0 Å². The lowest BCUT2D eigenvalue weighted by Gasteiger charge is -2.03. The van der Waals surface area contributed by atoms with E-state index in [1.54, 1.807) is 12.4 Å². The van der Waals surface area contributed by atoms with E-state index in [2.05, 4.69) is 51.9 Å². The summed E-state index contributed by atoms with van der Waals surface area (Å²) in [6, 6.07) is 16.3. The first-order chi connectivity index (χ1) is 10.4. The zero-order valence-corrected chi connectivity index (χ0v) is 11.8. The van der Waals surface area contributed by atoms with Crippen molar-refractivity contribution in [1.29, 1.82) is 0 Å². The standard InChI is InChI=1S/C17H16N4/c1-2-13-7-9-14(10-8-13)11-18-20-17-16-6-4-3-5-15(16)12-19-21-17/h3-12H,2H2,1H3,(H,20,21). The molecule has 0 aliphatic rings. The van der Waals surface area contributed by atoms with Gasteiger partial charge in [0.05, 0.1) is 12.4 Å². The lowest BCUT2D eigenvalue weighted by Crippen LogP contribution is -1.96. The predicted octanol–water partition coefficient (Wildman–Crippen LogP) is 3.64. The number of nitrogens with one attached hydrogen (secondary N) is 1. The van der Waals surface area contributed by atoms with E-state index in [4.69, 9.17) is 0 Å². The predicted molar refractivity (Wildman–Crippen MR) is 86.6 cm³/mol. The molecule has 4 heteroatoms. The van der Waals surface area contributed by atoms with Gasteiger partial charge in [0.15, 0.2) is 5.82 Å². The highest BCUT2D eigenvalue weighted by molar-refractivity contribution is 5.91. The first-order valence-electron chi connectivity index (χ1n) is 6.95. The van der Waals surface area contributed by atoms with Gasteiger partial charge in [-0.25, -0.2) is 0 Å². The average Bonchev–Trinajstić information content (AvgIpc) is 2.56. The van der Waals surface area contributed by atoms with Gasteiger partial charge in [0.2, 0.25) is 0 Å². The van der Waals surface area contributed by atoms with Gasteiger partial charge >= 0.3 is 0 Å². The smallest absolute Gasteiger partial charge is 0.176 e. The van der Waals surface area contributed by atoms with Gasteiger partial charge in [0.1, 0.15) is 0 Å². The van der Waals surface area contributed by atoms with Crippen LogP contribution in [0.4, 0.5) is 5.82 Å². The number of aryl methyl sites for hydroxylation is 1. The quantitative estimate of drug-likeness (QED) is 0.584. The Morgan fingerprint density at radius 2 is 1.90 bits per heavy atom. The summed E-state index contributed by atoms with van der Waals surface area (Å²) in [7, 11) is 0. The molecule has 0 amide bonds. The van der Waals surface area contributed by atoms with Crippen LogP contribution in [0.5, 0.6) is 0 Å². The highest BCUT2D eigenvalue weighted by atomic mass is 15.3. The lowest BCUT2D eigenvalue weighted by atomic mass is 10.1. The van der Waals surface area contributed by atoms with Gasteiger partial charge in [-0.2, -0.15) is 10.2 Å². The van der Waals surface area contributed by atoms with E-state index in [9.17, 15) is 0 Å². The summed E-state index contributed by atoms with van der Waals surface area (Å²) < 4.78 is 0. The van der Waals surface area contributed by atoms with E-state index >= 15 is 0 Å². The molecule has 0 bridgehead atoms. The van der Waals surface area contributed by atoms with Crippen LogP contribution in [0.2, 0.25) is 0 Å². The molecular weight excluding hydrogens is 260 g/mol. The first-order valence-corrected chi connectivity index (χ1v) is 6.95. The molecule has 1 heterocycles. The van der Waals surface area contributed by atoms with Crippen molar-refractivity contribution < 1.29 is 0 Å². The summed E-state index contributed by atoms with van der Waals surface area (Å²) in [6.45, 7) is 2.14. The van der Waals surface area contributed by atoms with Crippen molar-refractivity contribution in [3.8, 4) is 0 Å². The second-order valence-electron chi connectivity index (χ2n) is 4.75. The van der Waals surface area contributed by atoms with Crippen molar-refractivity contribution in [2.45, 2.75) is 13.3 Å². The Bertz CT molecular complexity index is 758. The van der Waals surface area contributed by atoms with Crippen LogP contribution in [0.25, 0.3) is 10.8 Å². The van der Waals surface area contributed by atoms with Gasteiger partial charge in [-0.05, 0) is 17.5 Å². The van der Waals surface area contributed by atoms with Gasteiger partial charge in [-0.1, -0.05) is 55.5 Å². The summed E-state index contributed by atoms with van der Waals surface area (Å²) >= 11 is 0. The summed E-state index contributed by atoms with van der Waals surface area (Å²) in [5, 5.41) is 14.4. The second-order valence-corrected chi connectivity index (χ2v) is 4.75. The second kappa shape index (κ2) is 6.13. The Morgan fingerprint density at radius 1 is 1.10 bits per heavy atom. The minimum atomic E-state index is 0.662. The zero-order chi connectivity index (χ0) is 14.5. The molecule has 0 radical (unpaired) electrons. The third-order valence-corrected chi connectivity index (χ3v) is 3.34. The number of nitrogens with zero attached hydrogens (tertiary/aromatic N) is 3. The molecule has 0 spiro atoms. The maximum Gasteiger partial charge on any atom is 0.176 e. The average molecular weight is 276 g/mol. The van der Waals surface area contributed by atoms with Crippen molar-refractivity contribution >= 4 is 22.8 Å². The molecule has 3 rings (SSSR count). The van der Waals surface area contributed by atoms with Crippen molar-refractivity contribution in [3.05, 3.63) is 65.9 Å². The molecule has 2 aromatic carbocycles. The van der Waals surface area contributed by atoms with Crippen LogP contribution in [-0.4, -0.2) is 16.4 Å². The van der Waals surface area contributed by atoms with Crippen LogP contribution >= 0.6 is 0 Å². The monoisotopic (exact) mass is 276 g/mol. The summed E-state index contributed by atoms with van der Waals surface area (Å²) in [5.74, 6) is 0.662. The Labute approximate surface area is 123 Å². The molecule has 0 aliphatic carbocycles. The third-order valence-electron chi connectivity index (χ3n) is 3.34. The van der Waals surface area contributed by atoms with Crippen molar-refractivity contribution in [2.75, 3.05) is 5.43 Å². The van der Waals surface area contributed by atoms with Gasteiger partial charge < -0.3 is 0 Å². The van der Waals surface area contributed by atoms with Gasteiger partial charge in [-0.15, -0.1) is 5.10 Å². The van der Waals surface area contributed by atoms with E-state index in [0.29, 0.717) is 5.82 Å². The highest BCUT2D eigenvalue weighted by Gasteiger charge is 2.00. The fourth-order valence-electron chi connectivity index (χ4n) is 2.12. The molecule has 1 aromatic heterocycles. The maximum atomic E-state index is 4.24. The summed E-state index contributed by atoms with van der Waals surface area (Å²) in [4.78, 5) is 0. The fraction of sp³-hybridized carbons (Fsp3) is 0.118. The van der Waals surface area contributed by atoms with Crippen LogP contribution in [0.15, 0.2) is 59.8 Å². The van der Waals surface area contributed by atoms with Crippen LogP contribution in [-0.2, 0) is 6.42 Å². The van der Waals surface area contributed by atoms with Crippen molar-refractivity contribution in [1.82, 2.24) is 10.2 Å². The van der Waals surface area contributed by atoms with E-state index in [0.717, 1.165) is 22.8 Å². The molecule has 0 saturated heterocycles. The SMILES string of the molecule is CCc1ccc(C=NNc2nncc3ccccc23)cc1. The molecule has 0 unspecified atom stereocenters. The van der Waals surface area contributed by atoms with E-state index in [-0.39, 0.29) is 0 Å². The fourth-order valence-corrected chi connectivity index (χ4v) is 2.12. The minimum absolute atomic E-state index is 0.662. The molecule has 21 heavy (non-hydrogen) atoms. The zero-order valence-electron chi connectivity index (χ0n) is 11.8. The minimum Gasteiger partial charge on any atom is -0.259 e. The first kappa shape index (κ1) is 13.2. The number of anilines is 1. The van der Waals surface area contributed by atoms with Crippen molar-refractivity contribution in [3.63, 3.8) is 0 Å². The molecule has 0 aliphatic heterocycles. The Morgan fingerprint density at radius 3 is 2.71 bits per heavy atom. The molecule has 4 nitrogen and oxygen atoms in total. The molecule has 0 saturated carbocycles. The van der Waals surface area contributed by atoms with Crippen LogP contribution in [0, 0.1) is 0 Å². The van der Waals surface area contributed by atoms with Gasteiger partial charge in [0, 0.05) is 10.8 Å². The van der Waals surface area contributed by atoms with Crippen LogP contribution in [0.1, 0.15) is 18.1 Å². The van der Waals surface area contributed by atoms with E-state index < -0.39 is 0 Å². The number of fused-ring (bicyclic) bond motifs is 1. The number of hydrazone groups is 1. The number of hydrogen-bond acceptors (Lipinski definition) is 4. The normalized spacial score (nSPS) is 11.1. The van der Waals surface area contributed by atoms with E-state index in [1.165, 1.54) is 5.56 Å². The third kappa shape index (κ3) is 3.05. The molecule has 3 aromatic rings. The Kier molecular flexibility index (Phi) is 3.87. The molecule has 1 N–H and O–H groups in total. The molecule has 0 atom stereocenters. The molecule has 0 fully saturated rings. The summed E-state index contributed by atoms with van der Waals surface area (Å²) in [6.07, 6.45) is 4.57. The highest BCUT2D eigenvalue weighted by Crippen LogP contribution is 2.18. The Hall–Kier alpha value is -2.75.